The van der Waals surface area contributed by atoms with E-state index in [0.717, 1.165) is 0 Å². The zero-order valence-corrected chi connectivity index (χ0v) is 14.5. The topological polar surface area (TPSA) is 90.7 Å². The SMILES string of the molecule is COC(=O)c1cccc(OCC(O)Cn2cnc3cc(F)ccc3c2=O)c1. The number of benzene rings is 2. The van der Waals surface area contributed by atoms with Crippen molar-refractivity contribution in [1.29, 1.82) is 0 Å². The van der Waals surface area contributed by atoms with Crippen molar-refractivity contribution in [3.63, 3.8) is 0 Å². The highest BCUT2D eigenvalue weighted by atomic mass is 19.1. The van der Waals surface area contributed by atoms with Crippen molar-refractivity contribution in [2.45, 2.75) is 12.6 Å². The molecule has 0 radical (unpaired) electrons. The smallest absolute Gasteiger partial charge is 0.337 e. The summed E-state index contributed by atoms with van der Waals surface area (Å²) in [7, 11) is 1.28. The molecule has 0 saturated heterocycles. The summed E-state index contributed by atoms with van der Waals surface area (Å²) >= 11 is 0. The number of carbonyl (C=O) groups is 1. The van der Waals surface area contributed by atoms with Crippen LogP contribution in [0.4, 0.5) is 4.39 Å². The van der Waals surface area contributed by atoms with Gasteiger partial charge in [-0.2, -0.15) is 0 Å². The van der Waals surface area contributed by atoms with Crippen LogP contribution in [-0.2, 0) is 11.3 Å². The normalized spacial score (nSPS) is 12.0. The molecule has 1 atom stereocenters. The third kappa shape index (κ3) is 4.29. The Balaban J connectivity index is 1.68. The molecule has 1 aromatic heterocycles. The van der Waals surface area contributed by atoms with E-state index in [2.05, 4.69) is 9.72 Å². The van der Waals surface area contributed by atoms with Gasteiger partial charge in [-0.3, -0.25) is 9.36 Å². The number of aromatic nitrogens is 2. The summed E-state index contributed by atoms with van der Waals surface area (Å²) in [6.07, 6.45) is 0.259. The molecule has 0 aliphatic carbocycles. The van der Waals surface area contributed by atoms with Crippen LogP contribution in [0.3, 0.4) is 0 Å². The number of carbonyl (C=O) groups excluding carboxylic acids is 1. The first kappa shape index (κ1) is 18.5. The van der Waals surface area contributed by atoms with Gasteiger partial charge in [-0.15, -0.1) is 0 Å². The maximum absolute atomic E-state index is 13.2. The number of esters is 1. The second-order valence-corrected chi connectivity index (χ2v) is 5.85. The minimum Gasteiger partial charge on any atom is -0.491 e. The third-order valence-electron chi connectivity index (χ3n) is 3.89. The van der Waals surface area contributed by atoms with E-state index in [1.165, 1.54) is 42.3 Å². The lowest BCUT2D eigenvalue weighted by Crippen LogP contribution is -2.30. The predicted molar refractivity (Wildman–Crippen MR) is 95.2 cm³/mol. The van der Waals surface area contributed by atoms with E-state index >= 15 is 0 Å². The molecule has 1 N–H and O–H groups in total. The Hall–Kier alpha value is -3.26. The number of halogens is 1. The van der Waals surface area contributed by atoms with Crippen molar-refractivity contribution in [3.05, 3.63) is 70.5 Å². The lowest BCUT2D eigenvalue weighted by atomic mass is 10.2. The molecule has 0 aliphatic heterocycles. The van der Waals surface area contributed by atoms with Crippen LogP contribution < -0.4 is 10.3 Å². The van der Waals surface area contributed by atoms with Crippen LogP contribution in [0.15, 0.2) is 53.6 Å². The molecule has 0 bridgehead atoms. The van der Waals surface area contributed by atoms with E-state index in [4.69, 9.17) is 4.74 Å². The molecule has 0 amide bonds. The Labute approximate surface area is 153 Å². The summed E-state index contributed by atoms with van der Waals surface area (Å²) < 4.78 is 24.6. The molecule has 0 aliphatic rings. The van der Waals surface area contributed by atoms with Gasteiger partial charge in [0.2, 0.25) is 0 Å². The van der Waals surface area contributed by atoms with Gasteiger partial charge < -0.3 is 14.6 Å². The highest BCUT2D eigenvalue weighted by molar-refractivity contribution is 5.89. The quantitative estimate of drug-likeness (QED) is 0.663. The summed E-state index contributed by atoms with van der Waals surface area (Å²) in [5, 5.41) is 10.4. The molecule has 27 heavy (non-hydrogen) atoms. The fourth-order valence-electron chi connectivity index (χ4n) is 2.56. The molecule has 140 valence electrons. The van der Waals surface area contributed by atoms with Crippen LogP contribution >= 0.6 is 0 Å². The first-order chi connectivity index (χ1) is 13.0. The minimum atomic E-state index is -0.996. The highest BCUT2D eigenvalue weighted by Gasteiger charge is 2.12. The zero-order valence-electron chi connectivity index (χ0n) is 14.5. The van der Waals surface area contributed by atoms with Crippen LogP contribution in [0.1, 0.15) is 10.4 Å². The summed E-state index contributed by atoms with van der Waals surface area (Å²) in [5.74, 6) is -0.586. The number of fused-ring (bicyclic) bond motifs is 1. The van der Waals surface area contributed by atoms with Crippen molar-refractivity contribution in [1.82, 2.24) is 9.55 Å². The Bertz CT molecular complexity index is 1030. The first-order valence-corrected chi connectivity index (χ1v) is 8.12. The zero-order chi connectivity index (χ0) is 19.4. The standard InChI is InChI=1S/C19H17FN2O5/c1-26-19(25)12-3-2-4-15(7-12)27-10-14(23)9-22-11-21-17-8-13(20)5-6-16(17)18(22)24/h2-8,11,14,23H,9-10H2,1H3. The lowest BCUT2D eigenvalue weighted by Gasteiger charge is -2.14. The van der Waals surface area contributed by atoms with Crippen molar-refractivity contribution in [2.75, 3.05) is 13.7 Å². The molecule has 1 heterocycles. The maximum atomic E-state index is 13.2. The summed E-state index contributed by atoms with van der Waals surface area (Å²) in [5.41, 5.74) is 0.194. The third-order valence-corrected chi connectivity index (χ3v) is 3.89. The van der Waals surface area contributed by atoms with Gasteiger partial charge in [-0.25, -0.2) is 14.2 Å². The van der Waals surface area contributed by atoms with E-state index in [1.807, 2.05) is 0 Å². The number of aliphatic hydroxyl groups excluding tert-OH is 1. The predicted octanol–water partition coefficient (Wildman–Crippen LogP) is 1.76. The number of nitrogens with zero attached hydrogens (tertiary/aromatic N) is 2. The Morgan fingerprint density at radius 3 is 2.89 bits per heavy atom. The highest BCUT2D eigenvalue weighted by Crippen LogP contribution is 2.14. The van der Waals surface area contributed by atoms with E-state index in [9.17, 15) is 19.1 Å². The number of hydrogen-bond donors (Lipinski definition) is 1. The van der Waals surface area contributed by atoms with E-state index in [-0.39, 0.29) is 29.6 Å². The fraction of sp³-hybridized carbons (Fsp3) is 0.211. The summed E-state index contributed by atoms with van der Waals surface area (Å²) in [6.45, 7) is -0.144. The summed E-state index contributed by atoms with van der Waals surface area (Å²) in [4.78, 5) is 27.9. The van der Waals surface area contributed by atoms with Gasteiger partial charge in [-0.05, 0) is 30.3 Å². The van der Waals surface area contributed by atoms with Gasteiger partial charge in [0.05, 0.1) is 36.4 Å². The summed E-state index contributed by atoms with van der Waals surface area (Å²) in [6, 6.07) is 10.1. The fourth-order valence-corrected chi connectivity index (χ4v) is 2.56. The molecule has 7 nitrogen and oxygen atoms in total. The number of hydrogen-bond acceptors (Lipinski definition) is 6. The average Bonchev–Trinajstić information content (AvgIpc) is 2.68. The molecule has 0 saturated carbocycles. The Kier molecular flexibility index (Phi) is 5.46. The maximum Gasteiger partial charge on any atom is 0.337 e. The van der Waals surface area contributed by atoms with E-state index in [0.29, 0.717) is 11.3 Å². The van der Waals surface area contributed by atoms with Crippen LogP contribution in [0.25, 0.3) is 10.9 Å². The minimum absolute atomic E-state index is 0.0458. The molecule has 0 fully saturated rings. The molecule has 3 aromatic rings. The first-order valence-electron chi connectivity index (χ1n) is 8.12. The van der Waals surface area contributed by atoms with Crippen LogP contribution in [-0.4, -0.2) is 40.4 Å². The van der Waals surface area contributed by atoms with Gasteiger partial charge in [0, 0.05) is 6.07 Å². The van der Waals surface area contributed by atoms with E-state index < -0.39 is 17.9 Å². The molecular formula is C19H17FN2O5. The largest absolute Gasteiger partial charge is 0.491 e. The van der Waals surface area contributed by atoms with Crippen molar-refractivity contribution in [2.24, 2.45) is 0 Å². The van der Waals surface area contributed by atoms with Gasteiger partial charge in [0.15, 0.2) is 0 Å². The number of aliphatic hydroxyl groups is 1. The Morgan fingerprint density at radius 1 is 1.30 bits per heavy atom. The molecule has 0 spiro atoms. The Morgan fingerprint density at radius 2 is 2.11 bits per heavy atom. The van der Waals surface area contributed by atoms with Gasteiger partial charge in [0.1, 0.15) is 24.3 Å². The molecule has 8 heteroatoms. The van der Waals surface area contributed by atoms with Gasteiger partial charge in [0.25, 0.3) is 5.56 Å². The second-order valence-electron chi connectivity index (χ2n) is 5.85. The van der Waals surface area contributed by atoms with Crippen molar-refractivity contribution in [3.8, 4) is 5.75 Å². The molecular weight excluding hydrogens is 355 g/mol. The average molecular weight is 372 g/mol. The van der Waals surface area contributed by atoms with Crippen LogP contribution in [0.5, 0.6) is 5.75 Å². The van der Waals surface area contributed by atoms with Crippen molar-refractivity contribution < 1.29 is 23.8 Å². The van der Waals surface area contributed by atoms with E-state index in [1.54, 1.807) is 18.2 Å². The number of rotatable bonds is 6. The molecule has 1 unspecified atom stereocenters. The van der Waals surface area contributed by atoms with Gasteiger partial charge in [-0.1, -0.05) is 6.07 Å². The number of methoxy groups -OCH3 is 1. The molecule has 3 rings (SSSR count). The monoisotopic (exact) mass is 372 g/mol. The van der Waals surface area contributed by atoms with Crippen molar-refractivity contribution >= 4 is 16.9 Å². The van der Waals surface area contributed by atoms with Crippen LogP contribution in [0.2, 0.25) is 0 Å². The lowest BCUT2D eigenvalue weighted by molar-refractivity contribution is 0.0599. The van der Waals surface area contributed by atoms with Crippen LogP contribution in [0, 0.1) is 5.82 Å². The molecule has 2 aromatic carbocycles. The second kappa shape index (κ2) is 7.96. The van der Waals surface area contributed by atoms with Gasteiger partial charge >= 0.3 is 5.97 Å². The number of ether oxygens (including phenoxy) is 2.